The average Bonchev–Trinajstić information content (AvgIpc) is 2.45. The normalized spacial score (nSPS) is 24.2. The van der Waals surface area contributed by atoms with Crippen molar-refractivity contribution in [2.75, 3.05) is 0 Å². The van der Waals surface area contributed by atoms with Crippen molar-refractivity contribution in [3.8, 4) is 0 Å². The Morgan fingerprint density at radius 2 is 1.64 bits per heavy atom. The molecule has 1 fully saturated rings. The Bertz CT molecular complexity index is 136. The van der Waals surface area contributed by atoms with Crippen LogP contribution in [-0.2, 0) is 0 Å². The van der Waals surface area contributed by atoms with Gasteiger partial charge in [-0.25, -0.2) is 0 Å². The van der Waals surface area contributed by atoms with Crippen LogP contribution in [0.4, 0.5) is 0 Å². The highest BCUT2D eigenvalue weighted by atomic mass is 14.9. The molecule has 2 atom stereocenters. The lowest BCUT2D eigenvalue weighted by Gasteiger charge is -2.26. The van der Waals surface area contributed by atoms with Crippen molar-refractivity contribution in [2.45, 2.75) is 77.8 Å². The van der Waals surface area contributed by atoms with E-state index >= 15 is 0 Å². The SMILES string of the molecule is CC[C@H](C)[C@@H](C)NC1CCCCCC1. The summed E-state index contributed by atoms with van der Waals surface area (Å²) in [6, 6.07) is 1.50. The summed E-state index contributed by atoms with van der Waals surface area (Å²) in [7, 11) is 0. The Morgan fingerprint density at radius 1 is 1.07 bits per heavy atom. The molecule has 0 heterocycles. The van der Waals surface area contributed by atoms with E-state index in [0.717, 1.165) is 12.0 Å². The topological polar surface area (TPSA) is 12.0 Å². The predicted octanol–water partition coefficient (Wildman–Crippen LogP) is 3.73. The minimum Gasteiger partial charge on any atom is -0.311 e. The summed E-state index contributed by atoms with van der Waals surface area (Å²) in [5.74, 6) is 0.818. The van der Waals surface area contributed by atoms with Gasteiger partial charge in [-0.05, 0) is 25.7 Å². The molecule has 1 rings (SSSR count). The molecule has 1 aliphatic carbocycles. The van der Waals surface area contributed by atoms with E-state index in [1.807, 2.05) is 0 Å². The van der Waals surface area contributed by atoms with Crippen molar-refractivity contribution in [3.63, 3.8) is 0 Å². The molecule has 14 heavy (non-hydrogen) atoms. The maximum absolute atomic E-state index is 3.81. The minimum atomic E-state index is 0.697. The molecule has 0 unspecified atom stereocenters. The van der Waals surface area contributed by atoms with Crippen LogP contribution in [0.15, 0.2) is 0 Å². The average molecular weight is 197 g/mol. The monoisotopic (exact) mass is 197 g/mol. The molecule has 0 aromatic rings. The van der Waals surface area contributed by atoms with E-state index in [4.69, 9.17) is 0 Å². The lowest BCUT2D eigenvalue weighted by atomic mass is 9.98. The van der Waals surface area contributed by atoms with Crippen molar-refractivity contribution in [3.05, 3.63) is 0 Å². The molecule has 0 aromatic heterocycles. The lowest BCUT2D eigenvalue weighted by Crippen LogP contribution is -2.39. The van der Waals surface area contributed by atoms with Gasteiger partial charge in [0.1, 0.15) is 0 Å². The van der Waals surface area contributed by atoms with Gasteiger partial charge in [0.2, 0.25) is 0 Å². The van der Waals surface area contributed by atoms with Crippen LogP contribution in [0, 0.1) is 5.92 Å². The van der Waals surface area contributed by atoms with E-state index in [2.05, 4.69) is 26.1 Å². The second-order valence-electron chi connectivity index (χ2n) is 5.03. The van der Waals surface area contributed by atoms with Crippen molar-refractivity contribution in [2.24, 2.45) is 5.92 Å². The molecular weight excluding hydrogens is 170 g/mol. The molecule has 1 aliphatic rings. The van der Waals surface area contributed by atoms with Gasteiger partial charge in [-0.3, -0.25) is 0 Å². The summed E-state index contributed by atoms with van der Waals surface area (Å²) in [6.07, 6.45) is 9.88. The first-order valence-electron chi connectivity index (χ1n) is 6.50. The van der Waals surface area contributed by atoms with Crippen LogP contribution in [-0.4, -0.2) is 12.1 Å². The summed E-state index contributed by atoms with van der Waals surface area (Å²) in [4.78, 5) is 0. The van der Waals surface area contributed by atoms with Gasteiger partial charge in [0.25, 0.3) is 0 Å². The quantitative estimate of drug-likeness (QED) is 0.677. The Morgan fingerprint density at radius 3 is 2.14 bits per heavy atom. The minimum absolute atomic E-state index is 0.697. The van der Waals surface area contributed by atoms with Crippen LogP contribution < -0.4 is 5.32 Å². The van der Waals surface area contributed by atoms with Gasteiger partial charge in [0.05, 0.1) is 0 Å². The van der Waals surface area contributed by atoms with E-state index in [1.54, 1.807) is 0 Å². The molecule has 0 spiro atoms. The van der Waals surface area contributed by atoms with Crippen molar-refractivity contribution >= 4 is 0 Å². The second kappa shape index (κ2) is 6.44. The fraction of sp³-hybridized carbons (Fsp3) is 1.00. The summed E-state index contributed by atoms with van der Waals surface area (Å²) >= 11 is 0. The van der Waals surface area contributed by atoms with Gasteiger partial charge in [0.15, 0.2) is 0 Å². The fourth-order valence-corrected chi connectivity index (χ4v) is 2.34. The van der Waals surface area contributed by atoms with E-state index in [9.17, 15) is 0 Å². The second-order valence-corrected chi connectivity index (χ2v) is 5.03. The molecule has 0 aliphatic heterocycles. The van der Waals surface area contributed by atoms with E-state index in [1.165, 1.54) is 44.9 Å². The molecule has 84 valence electrons. The Hall–Kier alpha value is -0.0400. The summed E-state index contributed by atoms with van der Waals surface area (Å²) in [5, 5.41) is 3.81. The Balaban J connectivity index is 2.26. The number of hydrogen-bond donors (Lipinski definition) is 1. The maximum Gasteiger partial charge on any atom is 0.00696 e. The fourth-order valence-electron chi connectivity index (χ4n) is 2.34. The third-order valence-corrected chi connectivity index (χ3v) is 3.85. The Labute approximate surface area is 89.7 Å². The molecule has 1 N–H and O–H groups in total. The largest absolute Gasteiger partial charge is 0.311 e. The molecule has 0 aromatic carbocycles. The van der Waals surface area contributed by atoms with Crippen LogP contribution in [0.2, 0.25) is 0 Å². The molecule has 1 saturated carbocycles. The van der Waals surface area contributed by atoms with Crippen molar-refractivity contribution in [1.82, 2.24) is 5.32 Å². The van der Waals surface area contributed by atoms with Crippen LogP contribution in [0.25, 0.3) is 0 Å². The lowest BCUT2D eigenvalue weighted by molar-refractivity contribution is 0.329. The molecular formula is C13H27N. The molecule has 0 bridgehead atoms. The van der Waals surface area contributed by atoms with E-state index in [0.29, 0.717) is 6.04 Å². The first-order chi connectivity index (χ1) is 6.74. The highest BCUT2D eigenvalue weighted by molar-refractivity contribution is 4.76. The predicted molar refractivity (Wildman–Crippen MR) is 63.5 cm³/mol. The zero-order valence-corrected chi connectivity index (χ0v) is 10.2. The number of hydrogen-bond acceptors (Lipinski definition) is 1. The van der Waals surface area contributed by atoms with Gasteiger partial charge in [-0.1, -0.05) is 46.0 Å². The first-order valence-corrected chi connectivity index (χ1v) is 6.50. The highest BCUT2D eigenvalue weighted by Crippen LogP contribution is 2.19. The van der Waals surface area contributed by atoms with Gasteiger partial charge >= 0.3 is 0 Å². The summed E-state index contributed by atoms with van der Waals surface area (Å²) in [6.45, 7) is 6.99. The van der Waals surface area contributed by atoms with Gasteiger partial charge in [-0.2, -0.15) is 0 Å². The van der Waals surface area contributed by atoms with Gasteiger partial charge in [-0.15, -0.1) is 0 Å². The highest BCUT2D eigenvalue weighted by Gasteiger charge is 2.16. The molecule has 0 radical (unpaired) electrons. The zero-order valence-electron chi connectivity index (χ0n) is 10.2. The van der Waals surface area contributed by atoms with Gasteiger partial charge < -0.3 is 5.32 Å². The zero-order chi connectivity index (χ0) is 10.4. The maximum atomic E-state index is 3.81. The summed E-state index contributed by atoms with van der Waals surface area (Å²) in [5.41, 5.74) is 0. The third-order valence-electron chi connectivity index (χ3n) is 3.85. The number of rotatable bonds is 4. The number of nitrogens with one attached hydrogen (secondary N) is 1. The smallest absolute Gasteiger partial charge is 0.00696 e. The molecule has 1 heteroatoms. The molecule has 0 saturated heterocycles. The van der Waals surface area contributed by atoms with E-state index < -0.39 is 0 Å². The molecule has 0 amide bonds. The van der Waals surface area contributed by atoms with E-state index in [-0.39, 0.29) is 0 Å². The van der Waals surface area contributed by atoms with Gasteiger partial charge in [0, 0.05) is 12.1 Å². The van der Waals surface area contributed by atoms with Crippen molar-refractivity contribution < 1.29 is 0 Å². The van der Waals surface area contributed by atoms with Crippen LogP contribution in [0.5, 0.6) is 0 Å². The summed E-state index contributed by atoms with van der Waals surface area (Å²) < 4.78 is 0. The standard InChI is InChI=1S/C13H27N/c1-4-11(2)12(3)14-13-9-7-5-6-8-10-13/h11-14H,4-10H2,1-3H3/t11-,12+/m0/s1. The Kier molecular flexibility index (Phi) is 5.54. The molecule has 1 nitrogen and oxygen atoms in total. The first kappa shape index (κ1) is 12.0. The van der Waals surface area contributed by atoms with Crippen molar-refractivity contribution in [1.29, 1.82) is 0 Å². The van der Waals surface area contributed by atoms with Crippen LogP contribution >= 0.6 is 0 Å². The third kappa shape index (κ3) is 4.00. The van der Waals surface area contributed by atoms with Crippen LogP contribution in [0.1, 0.15) is 65.7 Å². The van der Waals surface area contributed by atoms with Crippen LogP contribution in [0.3, 0.4) is 0 Å².